The number of carboxylic acid groups (broad SMARTS) is 1. The van der Waals surface area contributed by atoms with Gasteiger partial charge in [0.1, 0.15) is 10.4 Å². The molecule has 0 aromatic carbocycles. The van der Waals surface area contributed by atoms with E-state index in [2.05, 4.69) is 25.9 Å². The van der Waals surface area contributed by atoms with E-state index in [1.807, 2.05) is 0 Å². The minimum atomic E-state index is -0.861. The van der Waals surface area contributed by atoms with E-state index in [-0.39, 0.29) is 6.42 Å². The van der Waals surface area contributed by atoms with Gasteiger partial charge in [-0.25, -0.2) is 9.97 Å². The van der Waals surface area contributed by atoms with Gasteiger partial charge < -0.3 is 5.11 Å². The molecule has 2 rings (SSSR count). The lowest BCUT2D eigenvalue weighted by Crippen LogP contribution is -2.14. The van der Waals surface area contributed by atoms with E-state index in [0.29, 0.717) is 16.2 Å². The van der Waals surface area contributed by atoms with Crippen LogP contribution in [-0.2, 0) is 11.2 Å². The van der Waals surface area contributed by atoms with E-state index in [1.54, 1.807) is 6.07 Å². The van der Waals surface area contributed by atoms with Crippen LogP contribution in [0.2, 0.25) is 0 Å². The molecular formula is C10H11BrN2O2. The molecule has 0 unspecified atom stereocenters. The Labute approximate surface area is 95.9 Å². The molecule has 0 bridgehead atoms. The summed E-state index contributed by atoms with van der Waals surface area (Å²) < 4.78 is 0.677. The number of aromatic nitrogens is 2. The van der Waals surface area contributed by atoms with Crippen molar-refractivity contribution in [2.75, 3.05) is 0 Å². The van der Waals surface area contributed by atoms with Gasteiger partial charge >= 0.3 is 5.97 Å². The first-order chi connectivity index (χ1) is 7.15. The van der Waals surface area contributed by atoms with Crippen LogP contribution in [0.25, 0.3) is 0 Å². The molecule has 1 aromatic heterocycles. The van der Waals surface area contributed by atoms with Crippen LogP contribution in [0, 0.1) is 0 Å². The van der Waals surface area contributed by atoms with E-state index >= 15 is 0 Å². The predicted molar refractivity (Wildman–Crippen MR) is 57.7 cm³/mol. The molecule has 80 valence electrons. The Morgan fingerprint density at radius 3 is 2.80 bits per heavy atom. The number of rotatable bonds is 3. The number of carboxylic acids is 1. The molecule has 0 saturated heterocycles. The maximum Gasteiger partial charge on any atom is 0.309 e. The number of carbonyl (C=O) groups is 1. The van der Waals surface area contributed by atoms with Crippen molar-refractivity contribution < 1.29 is 9.90 Å². The second-order valence-corrected chi connectivity index (χ2v) is 4.55. The van der Waals surface area contributed by atoms with E-state index in [4.69, 9.17) is 5.11 Å². The van der Waals surface area contributed by atoms with Crippen LogP contribution in [0.15, 0.2) is 10.7 Å². The highest BCUT2D eigenvalue weighted by atomic mass is 79.9. The highest BCUT2D eigenvalue weighted by molar-refractivity contribution is 9.10. The Morgan fingerprint density at radius 1 is 1.53 bits per heavy atom. The average molecular weight is 271 g/mol. The van der Waals surface area contributed by atoms with Crippen molar-refractivity contribution in [3.63, 3.8) is 0 Å². The fourth-order valence-corrected chi connectivity index (χ4v) is 2.02. The average Bonchev–Trinajstić information content (AvgIpc) is 1.96. The fourth-order valence-electron chi connectivity index (χ4n) is 1.58. The van der Waals surface area contributed by atoms with Crippen molar-refractivity contribution in [1.29, 1.82) is 0 Å². The van der Waals surface area contributed by atoms with Crippen LogP contribution in [0.1, 0.15) is 36.7 Å². The first-order valence-electron chi connectivity index (χ1n) is 4.90. The molecule has 5 heteroatoms. The number of aliphatic carboxylic acids is 1. The summed E-state index contributed by atoms with van der Waals surface area (Å²) >= 11 is 3.28. The van der Waals surface area contributed by atoms with Gasteiger partial charge in [0.25, 0.3) is 0 Å². The molecule has 15 heavy (non-hydrogen) atoms. The quantitative estimate of drug-likeness (QED) is 0.855. The van der Waals surface area contributed by atoms with E-state index in [0.717, 1.165) is 18.7 Å². The summed E-state index contributed by atoms with van der Waals surface area (Å²) in [6.45, 7) is 0. The second-order valence-electron chi connectivity index (χ2n) is 3.74. The Bertz CT molecular complexity index is 391. The summed E-state index contributed by atoms with van der Waals surface area (Å²) in [6.07, 6.45) is 3.40. The minimum absolute atomic E-state index is 0.0408. The summed E-state index contributed by atoms with van der Waals surface area (Å²) in [5.74, 6) is 0.349. The maximum absolute atomic E-state index is 10.6. The third-order valence-electron chi connectivity index (χ3n) is 2.57. The summed E-state index contributed by atoms with van der Waals surface area (Å²) in [4.78, 5) is 19.1. The highest BCUT2D eigenvalue weighted by Gasteiger charge is 2.23. The molecule has 4 nitrogen and oxygen atoms in total. The second kappa shape index (κ2) is 4.26. The van der Waals surface area contributed by atoms with Gasteiger partial charge in [-0.05, 0) is 34.8 Å². The lowest BCUT2D eigenvalue weighted by atomic mass is 9.85. The molecule has 1 fully saturated rings. The van der Waals surface area contributed by atoms with E-state index < -0.39 is 5.97 Å². The molecule has 0 radical (unpaired) electrons. The molecule has 0 spiro atoms. The highest BCUT2D eigenvalue weighted by Crippen LogP contribution is 2.34. The van der Waals surface area contributed by atoms with Gasteiger partial charge in [0.05, 0.1) is 12.1 Å². The molecule has 0 atom stereocenters. The van der Waals surface area contributed by atoms with Crippen LogP contribution in [0.4, 0.5) is 0 Å². The molecule has 0 amide bonds. The monoisotopic (exact) mass is 270 g/mol. The van der Waals surface area contributed by atoms with Crippen LogP contribution in [0.3, 0.4) is 0 Å². The zero-order chi connectivity index (χ0) is 10.8. The molecule has 1 aromatic rings. The molecule has 1 aliphatic carbocycles. The third kappa shape index (κ3) is 2.53. The number of hydrogen-bond donors (Lipinski definition) is 1. The van der Waals surface area contributed by atoms with Gasteiger partial charge in [-0.15, -0.1) is 0 Å². The third-order valence-corrected chi connectivity index (χ3v) is 2.97. The lowest BCUT2D eigenvalue weighted by molar-refractivity contribution is -0.136. The van der Waals surface area contributed by atoms with Crippen molar-refractivity contribution in [3.05, 3.63) is 22.2 Å². The Morgan fingerprint density at radius 2 is 2.27 bits per heavy atom. The zero-order valence-electron chi connectivity index (χ0n) is 8.11. The van der Waals surface area contributed by atoms with Crippen LogP contribution in [0.5, 0.6) is 0 Å². The first-order valence-corrected chi connectivity index (χ1v) is 5.69. The van der Waals surface area contributed by atoms with Crippen LogP contribution in [-0.4, -0.2) is 21.0 Å². The van der Waals surface area contributed by atoms with Crippen molar-refractivity contribution in [1.82, 2.24) is 9.97 Å². The topological polar surface area (TPSA) is 63.1 Å². The summed E-state index contributed by atoms with van der Waals surface area (Å²) in [5.41, 5.74) is 0.575. The minimum Gasteiger partial charge on any atom is -0.481 e. The molecular weight excluding hydrogens is 260 g/mol. The van der Waals surface area contributed by atoms with Gasteiger partial charge in [-0.1, -0.05) is 6.42 Å². The van der Waals surface area contributed by atoms with Gasteiger partial charge in [-0.3, -0.25) is 4.79 Å². The predicted octanol–water partition coefficient (Wildman–Crippen LogP) is 2.13. The fraction of sp³-hybridized carbons (Fsp3) is 0.500. The Hall–Kier alpha value is -0.970. The summed E-state index contributed by atoms with van der Waals surface area (Å²) in [5, 5.41) is 8.68. The van der Waals surface area contributed by atoms with Crippen molar-refractivity contribution in [2.24, 2.45) is 0 Å². The van der Waals surface area contributed by atoms with Crippen molar-refractivity contribution in [3.8, 4) is 0 Å². The first kappa shape index (κ1) is 10.5. The normalized spacial score (nSPS) is 16.1. The zero-order valence-corrected chi connectivity index (χ0v) is 9.70. The van der Waals surface area contributed by atoms with Gasteiger partial charge in [0, 0.05) is 5.92 Å². The molecule has 1 aliphatic rings. The SMILES string of the molecule is O=C(O)Cc1cc(Br)nc(C2CCC2)n1. The van der Waals surface area contributed by atoms with Gasteiger partial charge in [-0.2, -0.15) is 0 Å². The summed E-state index contributed by atoms with van der Waals surface area (Å²) in [6, 6.07) is 1.66. The number of hydrogen-bond acceptors (Lipinski definition) is 3. The van der Waals surface area contributed by atoms with Gasteiger partial charge in [0.2, 0.25) is 0 Å². The molecule has 1 saturated carbocycles. The molecule has 1 heterocycles. The molecule has 0 aliphatic heterocycles. The van der Waals surface area contributed by atoms with Crippen molar-refractivity contribution >= 4 is 21.9 Å². The smallest absolute Gasteiger partial charge is 0.309 e. The number of nitrogens with zero attached hydrogens (tertiary/aromatic N) is 2. The van der Waals surface area contributed by atoms with Crippen LogP contribution < -0.4 is 0 Å². The van der Waals surface area contributed by atoms with E-state index in [1.165, 1.54) is 6.42 Å². The largest absolute Gasteiger partial charge is 0.481 e. The summed E-state index contributed by atoms with van der Waals surface area (Å²) in [7, 11) is 0. The maximum atomic E-state index is 10.6. The lowest BCUT2D eigenvalue weighted by Gasteiger charge is -2.24. The van der Waals surface area contributed by atoms with Crippen molar-refractivity contribution in [2.45, 2.75) is 31.6 Å². The Kier molecular flexibility index (Phi) is 3.00. The van der Waals surface area contributed by atoms with E-state index in [9.17, 15) is 4.79 Å². The van der Waals surface area contributed by atoms with Gasteiger partial charge in [0.15, 0.2) is 0 Å². The Balaban J connectivity index is 2.23. The van der Waals surface area contributed by atoms with Crippen LogP contribution >= 0.6 is 15.9 Å². The standard InChI is InChI=1S/C10H11BrN2O2/c11-8-4-7(5-9(14)15)12-10(13-8)6-2-1-3-6/h4,6H,1-3,5H2,(H,14,15). The molecule has 1 N–H and O–H groups in total. The number of halogens is 1.